The summed E-state index contributed by atoms with van der Waals surface area (Å²) < 4.78 is 5.70. The van der Waals surface area contributed by atoms with Crippen molar-refractivity contribution in [3.63, 3.8) is 0 Å². The van der Waals surface area contributed by atoms with Crippen molar-refractivity contribution >= 4 is 11.9 Å². The lowest BCUT2D eigenvalue weighted by Gasteiger charge is -2.23. The number of hydrogen-bond acceptors (Lipinski definition) is 3. The number of hydrogen-bond donors (Lipinski definition) is 2. The second kappa shape index (κ2) is 5.12. The first-order valence-corrected chi connectivity index (χ1v) is 7.31. The third-order valence-corrected chi connectivity index (χ3v) is 4.72. The molecule has 2 unspecified atom stereocenters. The Balaban J connectivity index is 1.59. The summed E-state index contributed by atoms with van der Waals surface area (Å²) >= 11 is 0. The van der Waals surface area contributed by atoms with Crippen LogP contribution in [-0.2, 0) is 14.3 Å². The fourth-order valence-electron chi connectivity index (χ4n) is 3.51. The monoisotopic (exact) mass is 267 g/mol. The molecule has 3 fully saturated rings. The summed E-state index contributed by atoms with van der Waals surface area (Å²) in [6.45, 7) is 0.707. The zero-order valence-corrected chi connectivity index (χ0v) is 11.0. The Bertz CT molecular complexity index is 380. The van der Waals surface area contributed by atoms with Crippen molar-refractivity contribution in [1.82, 2.24) is 5.32 Å². The molecule has 1 aliphatic heterocycles. The lowest BCUT2D eigenvalue weighted by Crippen LogP contribution is -2.45. The Morgan fingerprint density at radius 3 is 2.47 bits per heavy atom. The van der Waals surface area contributed by atoms with E-state index in [2.05, 4.69) is 5.32 Å². The van der Waals surface area contributed by atoms with Crippen LogP contribution < -0.4 is 5.32 Å². The summed E-state index contributed by atoms with van der Waals surface area (Å²) in [6.07, 6.45) is 5.56. The molecule has 1 heterocycles. The van der Waals surface area contributed by atoms with Crippen LogP contribution >= 0.6 is 0 Å². The Morgan fingerprint density at radius 1 is 1.05 bits per heavy atom. The number of carboxylic acids is 1. The highest BCUT2D eigenvalue weighted by molar-refractivity contribution is 5.85. The van der Waals surface area contributed by atoms with Crippen LogP contribution in [0.2, 0.25) is 0 Å². The van der Waals surface area contributed by atoms with Gasteiger partial charge in [-0.1, -0.05) is 6.42 Å². The van der Waals surface area contributed by atoms with Gasteiger partial charge in [-0.15, -0.1) is 0 Å². The molecule has 0 aromatic rings. The molecular weight excluding hydrogens is 246 g/mol. The summed E-state index contributed by atoms with van der Waals surface area (Å²) in [5, 5.41) is 12.2. The number of amides is 1. The largest absolute Gasteiger partial charge is 0.481 e. The predicted octanol–water partition coefficient (Wildman–Crippen LogP) is 1.17. The molecule has 0 aromatic carbocycles. The molecule has 0 spiro atoms. The van der Waals surface area contributed by atoms with Gasteiger partial charge >= 0.3 is 5.97 Å². The molecule has 4 atom stereocenters. The number of rotatable bonds is 4. The third kappa shape index (κ3) is 2.61. The van der Waals surface area contributed by atoms with Gasteiger partial charge in [0.2, 0.25) is 5.91 Å². The fourth-order valence-corrected chi connectivity index (χ4v) is 3.51. The van der Waals surface area contributed by atoms with Crippen LogP contribution in [-0.4, -0.2) is 35.7 Å². The third-order valence-electron chi connectivity index (χ3n) is 4.72. The van der Waals surface area contributed by atoms with E-state index in [4.69, 9.17) is 9.84 Å². The molecule has 5 nitrogen and oxygen atoms in total. The van der Waals surface area contributed by atoms with Crippen LogP contribution in [0.25, 0.3) is 0 Å². The lowest BCUT2D eigenvalue weighted by molar-refractivity contribution is -0.146. The molecule has 2 saturated carbocycles. The summed E-state index contributed by atoms with van der Waals surface area (Å²) in [6, 6.07) is 0.0926. The van der Waals surface area contributed by atoms with E-state index in [9.17, 15) is 9.59 Å². The van der Waals surface area contributed by atoms with E-state index < -0.39 is 11.9 Å². The first kappa shape index (κ1) is 12.9. The molecule has 3 aliphatic rings. The van der Waals surface area contributed by atoms with Crippen LogP contribution in [0, 0.1) is 17.8 Å². The number of carbonyl (C=O) groups excluding carboxylic acids is 1. The molecule has 106 valence electrons. The van der Waals surface area contributed by atoms with E-state index in [0.717, 1.165) is 12.8 Å². The van der Waals surface area contributed by atoms with Crippen molar-refractivity contribution in [3.8, 4) is 0 Å². The topological polar surface area (TPSA) is 75.6 Å². The maximum Gasteiger partial charge on any atom is 0.307 e. The number of nitrogens with one attached hydrogen (secondary N) is 1. The number of carboxylic acid groups (broad SMARTS) is 1. The van der Waals surface area contributed by atoms with Crippen molar-refractivity contribution in [3.05, 3.63) is 0 Å². The van der Waals surface area contributed by atoms with Gasteiger partial charge in [-0.2, -0.15) is 0 Å². The molecule has 5 heteroatoms. The molecular formula is C14H21NO4. The number of aliphatic carboxylic acids is 1. The van der Waals surface area contributed by atoms with Gasteiger partial charge < -0.3 is 15.2 Å². The Kier molecular flexibility index (Phi) is 3.48. The zero-order valence-electron chi connectivity index (χ0n) is 11.0. The Hall–Kier alpha value is -1.10. The summed E-state index contributed by atoms with van der Waals surface area (Å²) in [7, 11) is 0. The molecule has 2 aliphatic carbocycles. The Morgan fingerprint density at radius 2 is 1.79 bits per heavy atom. The quantitative estimate of drug-likeness (QED) is 0.801. The lowest BCUT2D eigenvalue weighted by atomic mass is 9.94. The van der Waals surface area contributed by atoms with Gasteiger partial charge in [-0.25, -0.2) is 0 Å². The minimum absolute atomic E-state index is 0.0777. The summed E-state index contributed by atoms with van der Waals surface area (Å²) in [5.41, 5.74) is 0. The van der Waals surface area contributed by atoms with E-state index in [0.29, 0.717) is 25.4 Å². The molecule has 0 bridgehead atoms. The van der Waals surface area contributed by atoms with Crippen LogP contribution in [0.15, 0.2) is 0 Å². The SMILES string of the molecule is O=C(O)[C@H]1CCC[C@H]1C(=O)NC1CCOC1C1CC1. The highest BCUT2D eigenvalue weighted by Gasteiger charge is 2.43. The van der Waals surface area contributed by atoms with Crippen molar-refractivity contribution < 1.29 is 19.4 Å². The summed E-state index contributed by atoms with van der Waals surface area (Å²) in [5.74, 6) is -1.16. The number of ether oxygens (including phenoxy) is 1. The maximum absolute atomic E-state index is 12.3. The van der Waals surface area contributed by atoms with Gasteiger partial charge in [-0.3, -0.25) is 9.59 Å². The molecule has 1 amide bonds. The van der Waals surface area contributed by atoms with Crippen LogP contribution in [0.4, 0.5) is 0 Å². The normalized spacial score (nSPS) is 38.3. The second-order valence-corrected chi connectivity index (χ2v) is 6.06. The maximum atomic E-state index is 12.3. The van der Waals surface area contributed by atoms with Crippen LogP contribution in [0.5, 0.6) is 0 Å². The van der Waals surface area contributed by atoms with Crippen molar-refractivity contribution in [2.24, 2.45) is 17.8 Å². The van der Waals surface area contributed by atoms with Crippen LogP contribution in [0.3, 0.4) is 0 Å². The molecule has 2 N–H and O–H groups in total. The minimum atomic E-state index is -0.834. The smallest absolute Gasteiger partial charge is 0.307 e. The van der Waals surface area contributed by atoms with Crippen molar-refractivity contribution in [1.29, 1.82) is 0 Å². The molecule has 19 heavy (non-hydrogen) atoms. The molecule has 0 radical (unpaired) electrons. The van der Waals surface area contributed by atoms with Gasteiger partial charge in [0.05, 0.1) is 24.0 Å². The minimum Gasteiger partial charge on any atom is -0.481 e. The van der Waals surface area contributed by atoms with E-state index in [1.165, 1.54) is 12.8 Å². The van der Waals surface area contributed by atoms with Gasteiger partial charge in [0, 0.05) is 6.61 Å². The average Bonchev–Trinajstić information content (AvgIpc) is 2.92. The van der Waals surface area contributed by atoms with E-state index in [1.54, 1.807) is 0 Å². The first-order chi connectivity index (χ1) is 9.16. The molecule has 1 saturated heterocycles. The molecule has 0 aromatic heterocycles. The number of carbonyl (C=O) groups is 2. The van der Waals surface area contributed by atoms with E-state index in [-0.39, 0.29) is 24.0 Å². The van der Waals surface area contributed by atoms with Crippen molar-refractivity contribution in [2.75, 3.05) is 6.61 Å². The van der Waals surface area contributed by atoms with Crippen LogP contribution in [0.1, 0.15) is 38.5 Å². The predicted molar refractivity (Wildman–Crippen MR) is 67.5 cm³/mol. The van der Waals surface area contributed by atoms with Crippen molar-refractivity contribution in [2.45, 2.75) is 50.7 Å². The first-order valence-electron chi connectivity index (χ1n) is 7.31. The van der Waals surface area contributed by atoms with Gasteiger partial charge in [-0.05, 0) is 38.0 Å². The highest BCUT2D eigenvalue weighted by atomic mass is 16.5. The zero-order chi connectivity index (χ0) is 13.4. The standard InChI is InChI=1S/C14H21NO4/c16-13(9-2-1-3-10(9)14(17)18)15-11-6-7-19-12(11)8-4-5-8/h8-12H,1-7H2,(H,15,16)(H,17,18)/t9-,10+,11?,12?/m1/s1. The average molecular weight is 267 g/mol. The Labute approximate surface area is 112 Å². The van der Waals surface area contributed by atoms with Gasteiger partial charge in [0.25, 0.3) is 0 Å². The highest BCUT2D eigenvalue weighted by Crippen LogP contribution is 2.39. The summed E-state index contributed by atoms with van der Waals surface area (Å²) in [4.78, 5) is 23.4. The van der Waals surface area contributed by atoms with Gasteiger partial charge in [0.1, 0.15) is 0 Å². The fraction of sp³-hybridized carbons (Fsp3) is 0.857. The second-order valence-electron chi connectivity index (χ2n) is 6.06. The van der Waals surface area contributed by atoms with E-state index >= 15 is 0 Å². The van der Waals surface area contributed by atoms with E-state index in [1.807, 2.05) is 0 Å². The van der Waals surface area contributed by atoms with Gasteiger partial charge in [0.15, 0.2) is 0 Å². The molecule has 3 rings (SSSR count).